The summed E-state index contributed by atoms with van der Waals surface area (Å²) in [7, 11) is 0. The Morgan fingerprint density at radius 2 is 1.10 bits per heavy atom. The van der Waals surface area contributed by atoms with Gasteiger partial charge in [-0.1, -0.05) is 0 Å². The van der Waals surface area contributed by atoms with Crippen LogP contribution in [0.1, 0.15) is 6.92 Å². The van der Waals surface area contributed by atoms with Crippen molar-refractivity contribution in [1.82, 2.24) is 0 Å². The molecule has 0 atom stereocenters. The van der Waals surface area contributed by atoms with E-state index in [2.05, 4.69) is 0 Å². The predicted molar refractivity (Wildman–Crippen MR) is 37.4 cm³/mol. The molecule has 11 N–H and O–H groups in total. The van der Waals surface area contributed by atoms with Crippen LogP contribution in [0.5, 0.6) is 0 Å². The maximum Gasteiger partial charge on any atom is 3.00 e. The molecule has 70 valence electrons. The van der Waals surface area contributed by atoms with Crippen molar-refractivity contribution in [3.8, 4) is 0 Å². The van der Waals surface area contributed by atoms with Gasteiger partial charge in [-0.2, -0.15) is 0 Å². The molecule has 10 heavy (non-hydrogen) atoms. The summed E-state index contributed by atoms with van der Waals surface area (Å²) in [5.41, 5.74) is 0. The molecule has 0 aromatic carbocycles. The van der Waals surface area contributed by atoms with Crippen molar-refractivity contribution in [2.75, 3.05) is 0 Å². The predicted octanol–water partition coefficient (Wildman–Crippen LogP) is 1.95. The molecule has 0 saturated heterocycles. The van der Waals surface area contributed by atoms with Crippen LogP contribution >= 0.6 is 0 Å². The molecule has 0 fully saturated rings. The normalized spacial score (nSPS) is 2.50. The summed E-state index contributed by atoms with van der Waals surface area (Å²) in [6, 6.07) is 0. The van der Waals surface area contributed by atoms with Crippen LogP contribution in [0.4, 0.5) is 0 Å². The van der Waals surface area contributed by atoms with Gasteiger partial charge in [0.15, 0.2) is 0 Å². The standard InChI is InChI=1S/C2H4O2.Co.4H2N.H2O/c1-2(3)4;;;;;;/h1H3,(H,3,4);;5*1H2/q;+3;4*-1;. The zero-order valence-corrected chi connectivity index (χ0v) is 6.54. The van der Waals surface area contributed by atoms with Crippen LogP contribution in [0.3, 0.4) is 0 Å². The fraction of sp³-hybridized carbons (Fsp3) is 0.500. The van der Waals surface area contributed by atoms with E-state index in [0.29, 0.717) is 0 Å². The molecule has 0 aliphatic heterocycles. The van der Waals surface area contributed by atoms with Crippen molar-refractivity contribution in [3.63, 3.8) is 0 Å². The molecule has 0 aromatic heterocycles. The quantitative estimate of drug-likeness (QED) is 0.538. The largest absolute Gasteiger partial charge is 3.00 e. The van der Waals surface area contributed by atoms with Crippen molar-refractivity contribution < 1.29 is 32.2 Å². The van der Waals surface area contributed by atoms with E-state index >= 15 is 0 Å². The smallest absolute Gasteiger partial charge is 0.870 e. The van der Waals surface area contributed by atoms with Gasteiger partial charge in [0, 0.05) is 4.79 Å². The minimum Gasteiger partial charge on any atom is -0.870 e. The maximum absolute atomic E-state index is 9.11. The molecule has 0 radical (unpaired) electrons. The molecule has 0 bridgehead atoms. The van der Waals surface area contributed by atoms with Crippen LogP contribution < -0.4 is 0 Å². The first kappa shape index (κ1) is 97.7. The molecule has 0 saturated carbocycles. The number of nitrogens with two attached hydrogens (primary N) is 4. The molecule has 0 rings (SSSR count). The van der Waals surface area contributed by atoms with E-state index < -0.39 is 5.97 Å². The van der Waals surface area contributed by atoms with Gasteiger partial charge in [-0.3, -0.25) is 0 Å². The number of carbonyl (C=O) groups is 1. The van der Waals surface area contributed by atoms with E-state index in [1.54, 1.807) is 0 Å². The Kier molecular flexibility index (Phi) is 673. The Balaban J connectivity index is -0.00000000300. The van der Waals surface area contributed by atoms with Crippen molar-refractivity contribution in [2.24, 2.45) is 0 Å². The van der Waals surface area contributed by atoms with Gasteiger partial charge in [-0.05, 0) is 0 Å². The van der Waals surface area contributed by atoms with Crippen LogP contribution in [-0.2, 0) is 21.6 Å². The zero-order valence-electron chi connectivity index (χ0n) is 5.50. The molecule has 0 spiro atoms. The minimum atomic E-state index is -0.583. The third kappa shape index (κ3) is 7150. The van der Waals surface area contributed by atoms with Crippen LogP contribution in [0.15, 0.2) is 0 Å². The fourth-order valence-electron chi connectivity index (χ4n) is 0. The Morgan fingerprint density at radius 3 is 1.10 bits per heavy atom. The Labute approximate surface area is 70.4 Å². The van der Waals surface area contributed by atoms with Gasteiger partial charge < -0.3 is 35.2 Å². The molecule has 0 unspecified atom stereocenters. The van der Waals surface area contributed by atoms with Gasteiger partial charge in [-0.15, -0.1) is 0 Å². The third-order valence-corrected chi connectivity index (χ3v) is 0. The second kappa shape index (κ2) is 68.8. The summed E-state index contributed by atoms with van der Waals surface area (Å²) in [4.78, 5) is 9.11. The van der Waals surface area contributed by atoms with Crippen LogP contribution in [-0.4, -0.2) is 16.6 Å². The van der Waals surface area contributed by atoms with E-state index in [-0.39, 0.29) is 46.9 Å². The number of hydrogen-bond acceptors (Lipinski definition) is 2. The van der Waals surface area contributed by atoms with Gasteiger partial charge in [0.25, 0.3) is 0 Å². The molecule has 7 nitrogen and oxygen atoms in total. The van der Waals surface area contributed by atoms with Gasteiger partial charge in [0.05, 0.1) is 6.92 Å². The van der Waals surface area contributed by atoms with Gasteiger partial charge in [0.1, 0.15) is 0 Å². The summed E-state index contributed by atoms with van der Waals surface area (Å²) in [6.07, 6.45) is 0. The summed E-state index contributed by atoms with van der Waals surface area (Å²) < 4.78 is 0. The zero-order chi connectivity index (χ0) is 3.58. The first-order valence-corrected chi connectivity index (χ1v) is 0.954. The summed E-state index contributed by atoms with van der Waals surface area (Å²) in [6.45, 7) is 1.19. The average Bonchev–Trinajstić information content (AvgIpc) is 0.811. The molecule has 0 aliphatic rings. The van der Waals surface area contributed by atoms with E-state index in [1.165, 1.54) is 6.92 Å². The fourth-order valence-corrected chi connectivity index (χ4v) is 0. The Hall–Kier alpha value is -0.224. The summed E-state index contributed by atoms with van der Waals surface area (Å²) in [5.74, 6) is -0.583. The Morgan fingerprint density at radius 1 is 1.10 bits per heavy atom. The van der Waals surface area contributed by atoms with Crippen LogP contribution in [0.2, 0.25) is 0 Å². The second-order valence-corrected chi connectivity index (χ2v) is 0.556. The SMILES string of the molecule is CC(=O)[OH2+].[Co+3].[NH2-].[NH2-].[NH2-].[NH2-].[OH-]. The molecule has 0 aromatic rings. The Bertz CT molecular complexity index is 41.5. The topological polar surface area (TPSA) is 204 Å². The molecule has 0 amide bonds. The van der Waals surface area contributed by atoms with Gasteiger partial charge in [0.2, 0.25) is 0 Å². The average molecular weight is 201 g/mol. The van der Waals surface area contributed by atoms with Gasteiger partial charge >= 0.3 is 22.7 Å². The molecule has 8 heteroatoms. The van der Waals surface area contributed by atoms with E-state index in [9.17, 15) is 0 Å². The first-order valence-electron chi connectivity index (χ1n) is 0.954. The van der Waals surface area contributed by atoms with Crippen molar-refractivity contribution in [2.45, 2.75) is 6.92 Å². The van der Waals surface area contributed by atoms with Crippen LogP contribution in [0.25, 0.3) is 24.6 Å². The molecular formula is C2H14CoN4O3-. The second-order valence-electron chi connectivity index (χ2n) is 0.556. The number of carbonyl (C=O) groups excluding carboxylic acids is 1. The summed E-state index contributed by atoms with van der Waals surface area (Å²) >= 11 is 0. The molecular weight excluding hydrogens is 187 g/mol. The van der Waals surface area contributed by atoms with E-state index in [4.69, 9.17) is 9.90 Å². The number of rotatable bonds is 0. The van der Waals surface area contributed by atoms with Crippen molar-refractivity contribution in [3.05, 3.63) is 24.6 Å². The van der Waals surface area contributed by atoms with E-state index in [1.807, 2.05) is 0 Å². The minimum absolute atomic E-state index is 0. The molecule has 0 heterocycles. The first-order chi connectivity index (χ1) is 1.73. The van der Waals surface area contributed by atoms with Gasteiger partial charge in [-0.25, -0.2) is 0 Å². The van der Waals surface area contributed by atoms with Crippen molar-refractivity contribution in [1.29, 1.82) is 0 Å². The number of hydrogen-bond donors (Lipinski definition) is 0. The third-order valence-electron chi connectivity index (χ3n) is 0. The van der Waals surface area contributed by atoms with E-state index in [0.717, 1.165) is 0 Å². The monoisotopic (exact) mass is 201 g/mol. The van der Waals surface area contributed by atoms with Crippen LogP contribution in [0, 0.1) is 0 Å². The van der Waals surface area contributed by atoms with Crippen molar-refractivity contribution >= 4 is 5.97 Å². The summed E-state index contributed by atoms with van der Waals surface area (Å²) in [5, 5.41) is 5.94. The maximum atomic E-state index is 9.11. The molecule has 0 aliphatic carbocycles.